The number of benzene rings is 1. The molecule has 146 valence electrons. The molecule has 0 heterocycles. The molecular weight excluding hydrogens is 334 g/mol. The third-order valence-corrected chi connectivity index (χ3v) is 3.81. The molecule has 0 spiro atoms. The summed E-state index contributed by atoms with van der Waals surface area (Å²) in [7, 11) is 3.51. The number of nitrogens with zero attached hydrogens (tertiary/aromatic N) is 2. The summed E-state index contributed by atoms with van der Waals surface area (Å²) in [4.78, 5) is 27.7. The predicted octanol–water partition coefficient (Wildman–Crippen LogP) is 2.22. The van der Waals surface area contributed by atoms with E-state index >= 15 is 0 Å². The van der Waals surface area contributed by atoms with E-state index in [2.05, 4.69) is 5.32 Å². The summed E-state index contributed by atoms with van der Waals surface area (Å²) in [6.45, 7) is 9.05. The Kier molecular flexibility index (Phi) is 8.92. The standard InChI is InChI=1S/C19H31N3O4/c1-7-25-16-10-9-15(11-17(16)26-8-2)20-18(23)12-21(5)13-19(24)22(6)14(3)4/h9-11,14H,7-8,12-13H2,1-6H3,(H,20,23). The molecule has 0 aromatic heterocycles. The van der Waals surface area contributed by atoms with Crippen LogP contribution in [0.2, 0.25) is 0 Å². The maximum absolute atomic E-state index is 12.2. The molecule has 7 nitrogen and oxygen atoms in total. The Morgan fingerprint density at radius 2 is 1.65 bits per heavy atom. The molecule has 0 aliphatic rings. The molecule has 0 bridgehead atoms. The van der Waals surface area contributed by atoms with Crippen molar-refractivity contribution in [2.75, 3.05) is 45.7 Å². The normalized spacial score (nSPS) is 10.8. The van der Waals surface area contributed by atoms with Crippen LogP contribution < -0.4 is 14.8 Å². The van der Waals surface area contributed by atoms with Gasteiger partial charge in [-0.2, -0.15) is 0 Å². The monoisotopic (exact) mass is 365 g/mol. The van der Waals surface area contributed by atoms with Crippen molar-refractivity contribution in [2.45, 2.75) is 33.7 Å². The lowest BCUT2D eigenvalue weighted by Gasteiger charge is -2.24. The molecule has 1 aromatic rings. The first-order valence-electron chi connectivity index (χ1n) is 8.92. The zero-order valence-electron chi connectivity index (χ0n) is 16.7. The number of carbonyl (C=O) groups excluding carboxylic acids is 2. The molecule has 0 aliphatic carbocycles. The Bertz CT molecular complexity index is 604. The Labute approximate surface area is 156 Å². The lowest BCUT2D eigenvalue weighted by molar-refractivity contribution is -0.132. The highest BCUT2D eigenvalue weighted by atomic mass is 16.5. The van der Waals surface area contributed by atoms with Crippen LogP contribution in [-0.4, -0.2) is 68.1 Å². The number of hydrogen-bond acceptors (Lipinski definition) is 5. The molecule has 1 rings (SSSR count). The Morgan fingerprint density at radius 3 is 2.23 bits per heavy atom. The SMILES string of the molecule is CCOc1ccc(NC(=O)CN(C)CC(=O)N(C)C(C)C)cc1OCC. The quantitative estimate of drug-likeness (QED) is 0.688. The second-order valence-corrected chi connectivity index (χ2v) is 6.35. The molecule has 2 amide bonds. The topological polar surface area (TPSA) is 71.1 Å². The van der Waals surface area contributed by atoms with Crippen LogP contribution in [0, 0.1) is 0 Å². The largest absolute Gasteiger partial charge is 0.490 e. The second kappa shape index (κ2) is 10.7. The van der Waals surface area contributed by atoms with Gasteiger partial charge in [0.15, 0.2) is 11.5 Å². The minimum atomic E-state index is -0.195. The van der Waals surface area contributed by atoms with E-state index in [1.807, 2.05) is 27.7 Å². The van der Waals surface area contributed by atoms with Crippen LogP contribution in [-0.2, 0) is 9.59 Å². The van der Waals surface area contributed by atoms with Gasteiger partial charge < -0.3 is 19.7 Å². The van der Waals surface area contributed by atoms with Crippen molar-refractivity contribution in [3.8, 4) is 11.5 Å². The average Bonchev–Trinajstić information content (AvgIpc) is 2.56. The van der Waals surface area contributed by atoms with Crippen molar-refractivity contribution in [3.63, 3.8) is 0 Å². The first kappa shape index (κ1) is 21.8. The van der Waals surface area contributed by atoms with Crippen LogP contribution in [0.25, 0.3) is 0 Å². The highest BCUT2D eigenvalue weighted by Crippen LogP contribution is 2.30. The zero-order valence-corrected chi connectivity index (χ0v) is 16.7. The number of hydrogen-bond donors (Lipinski definition) is 1. The van der Waals surface area contributed by atoms with Crippen LogP contribution in [0.15, 0.2) is 18.2 Å². The molecule has 1 N–H and O–H groups in total. The van der Waals surface area contributed by atoms with Gasteiger partial charge in [0.05, 0.1) is 26.3 Å². The van der Waals surface area contributed by atoms with Gasteiger partial charge >= 0.3 is 0 Å². The van der Waals surface area contributed by atoms with E-state index in [0.717, 1.165) is 0 Å². The lowest BCUT2D eigenvalue weighted by Crippen LogP contribution is -2.42. The molecule has 0 radical (unpaired) electrons. The van der Waals surface area contributed by atoms with Crippen molar-refractivity contribution in [1.82, 2.24) is 9.80 Å². The van der Waals surface area contributed by atoms with Crippen molar-refractivity contribution in [1.29, 1.82) is 0 Å². The summed E-state index contributed by atoms with van der Waals surface area (Å²) in [6, 6.07) is 5.41. The maximum atomic E-state index is 12.2. The van der Waals surface area contributed by atoms with E-state index < -0.39 is 0 Å². The Balaban J connectivity index is 2.64. The maximum Gasteiger partial charge on any atom is 0.238 e. The third kappa shape index (κ3) is 6.92. The van der Waals surface area contributed by atoms with E-state index in [4.69, 9.17) is 9.47 Å². The number of likely N-dealkylation sites (N-methyl/N-ethyl adjacent to an activating group) is 2. The molecule has 0 saturated heterocycles. The summed E-state index contributed by atoms with van der Waals surface area (Å²) >= 11 is 0. The van der Waals surface area contributed by atoms with Gasteiger partial charge in [0.2, 0.25) is 11.8 Å². The molecule has 0 fully saturated rings. The summed E-state index contributed by atoms with van der Waals surface area (Å²) < 4.78 is 11.1. The number of rotatable bonds is 10. The van der Waals surface area contributed by atoms with Crippen molar-refractivity contribution in [3.05, 3.63) is 18.2 Å². The predicted molar refractivity (Wildman–Crippen MR) is 103 cm³/mol. The summed E-state index contributed by atoms with van der Waals surface area (Å²) in [5.74, 6) is 1.02. The van der Waals surface area contributed by atoms with Gasteiger partial charge in [0.25, 0.3) is 0 Å². The highest BCUT2D eigenvalue weighted by molar-refractivity contribution is 5.93. The Hall–Kier alpha value is -2.28. The number of carbonyl (C=O) groups is 2. The molecule has 1 aromatic carbocycles. The van der Waals surface area contributed by atoms with Gasteiger partial charge in [-0.1, -0.05) is 0 Å². The molecule has 0 atom stereocenters. The number of anilines is 1. The molecule has 0 saturated carbocycles. The number of amides is 2. The van der Waals surface area contributed by atoms with Gasteiger partial charge in [-0.25, -0.2) is 0 Å². The van der Waals surface area contributed by atoms with Crippen molar-refractivity contribution in [2.24, 2.45) is 0 Å². The minimum absolute atomic E-state index is 0.0185. The van der Waals surface area contributed by atoms with Gasteiger partial charge in [-0.3, -0.25) is 14.5 Å². The molecular formula is C19H31N3O4. The first-order valence-corrected chi connectivity index (χ1v) is 8.92. The fourth-order valence-electron chi connectivity index (χ4n) is 2.26. The summed E-state index contributed by atoms with van der Waals surface area (Å²) in [5, 5.41) is 2.83. The average molecular weight is 365 g/mol. The second-order valence-electron chi connectivity index (χ2n) is 6.35. The number of ether oxygens (including phenoxy) is 2. The van der Waals surface area contributed by atoms with Crippen LogP contribution >= 0.6 is 0 Å². The highest BCUT2D eigenvalue weighted by Gasteiger charge is 2.16. The first-order chi connectivity index (χ1) is 12.3. The van der Waals surface area contributed by atoms with Crippen LogP contribution in [0.1, 0.15) is 27.7 Å². The van der Waals surface area contributed by atoms with Crippen LogP contribution in [0.4, 0.5) is 5.69 Å². The van der Waals surface area contributed by atoms with E-state index in [1.54, 1.807) is 42.1 Å². The zero-order chi connectivity index (χ0) is 19.7. The van der Waals surface area contributed by atoms with Gasteiger partial charge in [-0.05, 0) is 46.9 Å². The van der Waals surface area contributed by atoms with Gasteiger partial charge in [-0.15, -0.1) is 0 Å². The van der Waals surface area contributed by atoms with Gasteiger partial charge in [0, 0.05) is 24.8 Å². The van der Waals surface area contributed by atoms with E-state index in [1.165, 1.54) is 0 Å². The van der Waals surface area contributed by atoms with Crippen molar-refractivity contribution < 1.29 is 19.1 Å². The van der Waals surface area contributed by atoms with Crippen molar-refractivity contribution >= 4 is 17.5 Å². The fourth-order valence-corrected chi connectivity index (χ4v) is 2.26. The minimum Gasteiger partial charge on any atom is -0.490 e. The molecule has 0 aliphatic heterocycles. The van der Waals surface area contributed by atoms with Crippen LogP contribution in [0.3, 0.4) is 0 Å². The molecule has 7 heteroatoms. The Morgan fingerprint density at radius 1 is 1.04 bits per heavy atom. The molecule has 0 unspecified atom stereocenters. The van der Waals surface area contributed by atoms with E-state index in [-0.39, 0.29) is 30.9 Å². The van der Waals surface area contributed by atoms with E-state index in [9.17, 15) is 9.59 Å². The third-order valence-electron chi connectivity index (χ3n) is 3.81. The lowest BCUT2D eigenvalue weighted by atomic mass is 10.2. The van der Waals surface area contributed by atoms with Crippen LogP contribution in [0.5, 0.6) is 11.5 Å². The fraction of sp³-hybridized carbons (Fsp3) is 0.579. The van der Waals surface area contributed by atoms with Gasteiger partial charge in [0.1, 0.15) is 0 Å². The smallest absolute Gasteiger partial charge is 0.238 e. The number of nitrogens with one attached hydrogen (secondary N) is 1. The molecule has 26 heavy (non-hydrogen) atoms. The van der Waals surface area contributed by atoms with E-state index in [0.29, 0.717) is 30.4 Å². The summed E-state index contributed by atoms with van der Waals surface area (Å²) in [6.07, 6.45) is 0. The summed E-state index contributed by atoms with van der Waals surface area (Å²) in [5.41, 5.74) is 0.626.